The van der Waals surface area contributed by atoms with E-state index in [0.29, 0.717) is 22.5 Å². The molecule has 3 rings (SSSR count). The second-order valence-electron chi connectivity index (χ2n) is 3.52. The van der Waals surface area contributed by atoms with Gasteiger partial charge in [0.25, 0.3) is 0 Å². The molecular weight excluding hydrogens is 240 g/mol. The van der Waals surface area contributed by atoms with Crippen molar-refractivity contribution in [3.8, 4) is 11.4 Å². The predicted octanol–water partition coefficient (Wildman–Crippen LogP) is 2.64. The summed E-state index contributed by atoms with van der Waals surface area (Å²) in [5.74, 6) is 1.09. The molecule has 0 aliphatic heterocycles. The van der Waals surface area contributed by atoms with Crippen molar-refractivity contribution in [3.05, 3.63) is 35.4 Å². The van der Waals surface area contributed by atoms with Gasteiger partial charge in [0.1, 0.15) is 5.52 Å². The zero-order valence-electron chi connectivity index (χ0n) is 8.88. The van der Waals surface area contributed by atoms with E-state index in [4.69, 9.17) is 16.0 Å². The molecule has 0 amide bonds. The number of fused-ring (bicyclic) bond motifs is 1. The van der Waals surface area contributed by atoms with E-state index in [1.165, 1.54) is 6.20 Å². The lowest BCUT2D eigenvalue weighted by molar-refractivity contribution is 0.561. The molecule has 6 heteroatoms. The Morgan fingerprint density at radius 2 is 2.12 bits per heavy atom. The average molecular weight is 247 g/mol. The van der Waals surface area contributed by atoms with Gasteiger partial charge in [-0.25, -0.2) is 9.97 Å². The summed E-state index contributed by atoms with van der Waals surface area (Å²) >= 11 is 5.77. The van der Waals surface area contributed by atoms with Crippen LogP contribution in [-0.4, -0.2) is 20.2 Å². The van der Waals surface area contributed by atoms with E-state index in [0.717, 1.165) is 11.1 Å². The topological polar surface area (TPSA) is 64.7 Å². The zero-order chi connectivity index (χ0) is 11.8. The van der Waals surface area contributed by atoms with E-state index in [9.17, 15) is 0 Å². The Hall–Kier alpha value is -2.01. The third-order valence-corrected chi connectivity index (χ3v) is 2.47. The fraction of sp³-hybridized carbons (Fsp3) is 0.0909. The van der Waals surface area contributed by atoms with Crippen LogP contribution in [0.4, 0.5) is 0 Å². The summed E-state index contributed by atoms with van der Waals surface area (Å²) < 4.78 is 5.44. The molecule has 0 radical (unpaired) electrons. The fourth-order valence-corrected chi connectivity index (χ4v) is 1.71. The van der Waals surface area contributed by atoms with Crippen LogP contribution in [0.25, 0.3) is 22.5 Å². The molecule has 5 nitrogen and oxygen atoms in total. The molecule has 0 saturated carbocycles. The Morgan fingerprint density at radius 1 is 1.24 bits per heavy atom. The Balaban J connectivity index is 2.17. The molecule has 0 N–H and O–H groups in total. The van der Waals surface area contributed by atoms with Gasteiger partial charge < -0.3 is 4.42 Å². The zero-order valence-corrected chi connectivity index (χ0v) is 9.64. The third kappa shape index (κ3) is 1.85. The van der Waals surface area contributed by atoms with Gasteiger partial charge in [-0.1, -0.05) is 11.6 Å². The summed E-state index contributed by atoms with van der Waals surface area (Å²) in [4.78, 5) is 8.30. The van der Waals surface area contributed by atoms with Crippen molar-refractivity contribution in [1.29, 1.82) is 0 Å². The van der Waals surface area contributed by atoms with Crippen molar-refractivity contribution < 1.29 is 4.42 Å². The van der Waals surface area contributed by atoms with E-state index in [1.807, 2.05) is 18.2 Å². The lowest BCUT2D eigenvalue weighted by atomic mass is 10.2. The molecule has 17 heavy (non-hydrogen) atoms. The van der Waals surface area contributed by atoms with Crippen molar-refractivity contribution in [3.63, 3.8) is 0 Å². The highest BCUT2D eigenvalue weighted by atomic mass is 35.5. The molecule has 0 bridgehead atoms. The normalized spacial score (nSPS) is 10.9. The van der Waals surface area contributed by atoms with Crippen LogP contribution in [0.5, 0.6) is 0 Å². The van der Waals surface area contributed by atoms with Crippen molar-refractivity contribution >= 4 is 22.7 Å². The van der Waals surface area contributed by atoms with Crippen LogP contribution in [-0.2, 0) is 0 Å². The highest BCUT2D eigenvalue weighted by Crippen LogP contribution is 2.22. The third-order valence-electron chi connectivity index (χ3n) is 2.28. The minimum atomic E-state index is 0.309. The molecule has 84 valence electrons. The second-order valence-corrected chi connectivity index (χ2v) is 3.91. The molecule has 0 fully saturated rings. The van der Waals surface area contributed by atoms with Gasteiger partial charge in [0, 0.05) is 12.5 Å². The fourth-order valence-electron chi connectivity index (χ4n) is 1.58. The molecule has 0 saturated heterocycles. The summed E-state index contributed by atoms with van der Waals surface area (Å²) in [6, 6.07) is 5.53. The molecule has 2 aromatic heterocycles. The van der Waals surface area contributed by atoms with Crippen LogP contribution in [0.1, 0.15) is 5.89 Å². The van der Waals surface area contributed by atoms with Gasteiger partial charge in [0.15, 0.2) is 22.5 Å². The van der Waals surface area contributed by atoms with E-state index in [1.54, 1.807) is 6.92 Å². The number of hydrogen-bond donors (Lipinski definition) is 0. The monoisotopic (exact) mass is 246 g/mol. The molecule has 0 atom stereocenters. The summed E-state index contributed by atoms with van der Waals surface area (Å²) in [6.45, 7) is 1.80. The molecule has 0 aliphatic carbocycles. The Morgan fingerprint density at radius 3 is 2.94 bits per heavy atom. The van der Waals surface area contributed by atoms with Crippen molar-refractivity contribution in [2.75, 3.05) is 0 Å². The number of halogens is 1. The van der Waals surface area contributed by atoms with Crippen LogP contribution >= 0.6 is 11.6 Å². The van der Waals surface area contributed by atoms with Gasteiger partial charge in [-0.05, 0) is 18.2 Å². The van der Waals surface area contributed by atoms with Gasteiger partial charge in [-0.15, -0.1) is 5.10 Å². The molecule has 2 heterocycles. The van der Waals surface area contributed by atoms with Crippen molar-refractivity contribution in [2.24, 2.45) is 0 Å². The molecule has 0 aliphatic rings. The lowest BCUT2D eigenvalue weighted by Crippen LogP contribution is -1.91. The predicted molar refractivity (Wildman–Crippen MR) is 62.6 cm³/mol. The standard InChI is InChI=1S/C11H7ClN4O/c1-6-14-8-3-2-7(4-9(8)17-6)11-15-10(12)5-13-16-11/h2-5H,1H3. The Bertz CT molecular complexity index is 695. The Kier molecular flexibility index (Phi) is 2.26. The molecular formula is C11H7ClN4O. The first-order valence-electron chi connectivity index (χ1n) is 4.95. The smallest absolute Gasteiger partial charge is 0.192 e. The van der Waals surface area contributed by atoms with E-state index < -0.39 is 0 Å². The van der Waals surface area contributed by atoms with Gasteiger partial charge in [0.2, 0.25) is 0 Å². The molecule has 1 aromatic carbocycles. The number of oxazole rings is 1. The van der Waals surface area contributed by atoms with E-state index in [2.05, 4.69) is 20.2 Å². The number of aryl methyl sites for hydroxylation is 1. The molecule has 0 spiro atoms. The van der Waals surface area contributed by atoms with Crippen molar-refractivity contribution in [2.45, 2.75) is 6.92 Å². The largest absolute Gasteiger partial charge is 0.441 e. The van der Waals surface area contributed by atoms with E-state index in [-0.39, 0.29) is 0 Å². The number of nitrogens with zero attached hydrogens (tertiary/aromatic N) is 4. The highest BCUT2D eigenvalue weighted by molar-refractivity contribution is 6.29. The summed E-state index contributed by atoms with van der Waals surface area (Å²) in [5.41, 5.74) is 2.30. The van der Waals surface area contributed by atoms with E-state index >= 15 is 0 Å². The maximum Gasteiger partial charge on any atom is 0.192 e. The SMILES string of the molecule is Cc1nc2ccc(-c3nncc(Cl)n3)cc2o1. The number of benzene rings is 1. The van der Waals surface area contributed by atoms with Crippen molar-refractivity contribution in [1.82, 2.24) is 20.2 Å². The van der Waals surface area contributed by atoms with Crippen LogP contribution < -0.4 is 0 Å². The summed E-state index contributed by atoms with van der Waals surface area (Å²) in [7, 11) is 0. The maximum atomic E-state index is 5.77. The van der Waals surface area contributed by atoms with Gasteiger partial charge in [0.05, 0.1) is 6.20 Å². The lowest BCUT2D eigenvalue weighted by Gasteiger charge is -1.98. The Labute approximate surface area is 101 Å². The number of rotatable bonds is 1. The molecule has 3 aromatic rings. The van der Waals surface area contributed by atoms with Crippen LogP contribution in [0, 0.1) is 6.92 Å². The van der Waals surface area contributed by atoms with Crippen LogP contribution in [0.15, 0.2) is 28.8 Å². The van der Waals surface area contributed by atoms with Crippen LogP contribution in [0.3, 0.4) is 0 Å². The first-order valence-corrected chi connectivity index (χ1v) is 5.33. The minimum Gasteiger partial charge on any atom is -0.441 e. The van der Waals surface area contributed by atoms with Gasteiger partial charge in [-0.2, -0.15) is 5.10 Å². The molecule has 0 unspecified atom stereocenters. The first kappa shape index (κ1) is 10.2. The quantitative estimate of drug-likeness (QED) is 0.660. The average Bonchev–Trinajstić information content (AvgIpc) is 2.68. The maximum absolute atomic E-state index is 5.77. The summed E-state index contributed by atoms with van der Waals surface area (Å²) in [5, 5.41) is 7.98. The highest BCUT2D eigenvalue weighted by Gasteiger charge is 2.07. The number of hydrogen-bond acceptors (Lipinski definition) is 5. The van der Waals surface area contributed by atoms with Gasteiger partial charge >= 0.3 is 0 Å². The number of aromatic nitrogens is 4. The van der Waals surface area contributed by atoms with Crippen LogP contribution in [0.2, 0.25) is 5.15 Å². The minimum absolute atomic E-state index is 0.309. The first-order chi connectivity index (χ1) is 8.22. The second kappa shape index (κ2) is 3.78. The summed E-state index contributed by atoms with van der Waals surface area (Å²) in [6.07, 6.45) is 1.39. The van der Waals surface area contributed by atoms with Gasteiger partial charge in [-0.3, -0.25) is 0 Å².